The molecule has 0 aliphatic carbocycles. The molecule has 4 rings (SSSR count). The quantitative estimate of drug-likeness (QED) is 0.481. The van der Waals surface area contributed by atoms with Gasteiger partial charge in [-0.05, 0) is 36.8 Å². The summed E-state index contributed by atoms with van der Waals surface area (Å²) in [4.78, 5) is 12.3. The van der Waals surface area contributed by atoms with Crippen LogP contribution < -0.4 is 11.1 Å². The minimum atomic E-state index is -4.62. The third-order valence-electron chi connectivity index (χ3n) is 5.49. The first kappa shape index (κ1) is 23.8. The molecule has 0 unspecified atom stereocenters. The first-order valence-electron chi connectivity index (χ1n) is 10.3. The van der Waals surface area contributed by atoms with E-state index in [2.05, 4.69) is 24.6 Å². The van der Waals surface area contributed by atoms with Crippen molar-refractivity contribution in [2.45, 2.75) is 31.6 Å². The van der Waals surface area contributed by atoms with Crippen molar-refractivity contribution in [1.29, 1.82) is 0 Å². The minimum absolute atomic E-state index is 0.0731. The Morgan fingerprint density at radius 3 is 2.64 bits per heavy atom. The number of aromatic nitrogens is 4. The van der Waals surface area contributed by atoms with Gasteiger partial charge >= 0.3 is 6.18 Å². The van der Waals surface area contributed by atoms with Crippen LogP contribution in [-0.2, 0) is 12.7 Å². The van der Waals surface area contributed by atoms with Crippen LogP contribution in [0.1, 0.15) is 24.0 Å². The number of halogens is 4. The first-order valence-corrected chi connectivity index (χ1v) is 11.9. The Hall–Kier alpha value is -2.34. The maximum Gasteiger partial charge on any atom is 0.420 e. The molecule has 0 radical (unpaired) electrons. The lowest BCUT2D eigenvalue weighted by molar-refractivity contribution is -0.137. The predicted octanol–water partition coefficient (Wildman–Crippen LogP) is 4.61. The summed E-state index contributed by atoms with van der Waals surface area (Å²) >= 11 is 8.02. The van der Waals surface area contributed by atoms with Crippen LogP contribution >= 0.6 is 23.5 Å². The molecule has 0 spiro atoms. The molecular formula is C21H23ClF3N7S. The van der Waals surface area contributed by atoms with Crippen LogP contribution in [0, 0.1) is 0 Å². The van der Waals surface area contributed by atoms with Gasteiger partial charge in [-0.3, -0.25) is 4.31 Å². The molecule has 12 heteroatoms. The summed E-state index contributed by atoms with van der Waals surface area (Å²) in [5.74, 6) is 0.153. The molecule has 1 aliphatic rings. The smallest absolute Gasteiger partial charge is 0.351 e. The number of nitrogens with zero attached hydrogens (tertiary/aromatic N) is 5. The molecule has 1 fully saturated rings. The summed E-state index contributed by atoms with van der Waals surface area (Å²) in [6.45, 7) is 2.11. The van der Waals surface area contributed by atoms with Crippen LogP contribution in [-0.4, -0.2) is 49.2 Å². The second-order valence-electron chi connectivity index (χ2n) is 7.64. The largest absolute Gasteiger partial charge is 0.420 e. The monoisotopic (exact) mass is 497 g/mol. The van der Waals surface area contributed by atoms with E-state index in [1.807, 2.05) is 6.26 Å². The van der Waals surface area contributed by atoms with Crippen molar-refractivity contribution in [2.75, 3.05) is 24.7 Å². The van der Waals surface area contributed by atoms with E-state index in [1.54, 1.807) is 34.7 Å². The zero-order valence-electron chi connectivity index (χ0n) is 17.8. The van der Waals surface area contributed by atoms with E-state index < -0.39 is 11.7 Å². The average Bonchev–Trinajstić information content (AvgIpc) is 3.28. The van der Waals surface area contributed by atoms with Gasteiger partial charge < -0.3 is 15.6 Å². The normalized spacial score (nSPS) is 15.7. The number of hydrogen-bond donors (Lipinski definition) is 2. The van der Waals surface area contributed by atoms with Crippen molar-refractivity contribution in [2.24, 2.45) is 5.73 Å². The Morgan fingerprint density at radius 1 is 1.24 bits per heavy atom. The highest BCUT2D eigenvalue weighted by Crippen LogP contribution is 2.36. The molecule has 1 saturated heterocycles. The third-order valence-corrected chi connectivity index (χ3v) is 6.67. The summed E-state index contributed by atoms with van der Waals surface area (Å²) < 4.78 is 44.9. The van der Waals surface area contributed by atoms with Gasteiger partial charge in [0, 0.05) is 38.1 Å². The van der Waals surface area contributed by atoms with E-state index in [-0.39, 0.29) is 23.4 Å². The van der Waals surface area contributed by atoms with Crippen molar-refractivity contribution in [3.05, 3.63) is 53.1 Å². The Kier molecular flexibility index (Phi) is 7.13. The number of imidazole rings is 1. The van der Waals surface area contributed by atoms with Gasteiger partial charge in [-0.25, -0.2) is 15.0 Å². The molecule has 33 heavy (non-hydrogen) atoms. The molecule has 1 aliphatic heterocycles. The Balaban J connectivity index is 1.64. The average molecular weight is 498 g/mol. The van der Waals surface area contributed by atoms with Crippen LogP contribution in [0.5, 0.6) is 0 Å². The number of nitrogens with one attached hydrogen (secondary N) is 1. The molecule has 3 heterocycles. The summed E-state index contributed by atoms with van der Waals surface area (Å²) in [6, 6.07) is 5.36. The standard InChI is InChI=1S/C21H23ClF3N7S/c1-33-32-6-4-14(5-7-32)29-20-27-10-15(21(23,24)25)19(30-20)17-11-31(12-28-17)18-3-2-13(9-26)8-16(18)22/h2-3,8,10-12,14H,4-7,9,26H2,1H3,(H,27,29,30). The fourth-order valence-corrected chi connectivity index (χ4v) is 4.56. The molecule has 0 bridgehead atoms. The van der Waals surface area contributed by atoms with Crippen molar-refractivity contribution in [3.8, 4) is 17.1 Å². The highest BCUT2D eigenvalue weighted by Gasteiger charge is 2.36. The van der Waals surface area contributed by atoms with Gasteiger partial charge in [0.1, 0.15) is 23.3 Å². The van der Waals surface area contributed by atoms with Crippen molar-refractivity contribution >= 4 is 29.5 Å². The van der Waals surface area contributed by atoms with Gasteiger partial charge in [-0.1, -0.05) is 29.6 Å². The molecule has 0 saturated carbocycles. The fraction of sp³-hybridized carbons (Fsp3) is 0.381. The molecule has 2 aromatic heterocycles. The maximum absolute atomic E-state index is 13.7. The van der Waals surface area contributed by atoms with E-state index in [4.69, 9.17) is 17.3 Å². The summed E-state index contributed by atoms with van der Waals surface area (Å²) in [5.41, 5.74) is 5.90. The maximum atomic E-state index is 13.7. The number of alkyl halides is 3. The van der Waals surface area contributed by atoms with Crippen molar-refractivity contribution in [3.63, 3.8) is 0 Å². The molecule has 176 valence electrons. The number of nitrogens with two attached hydrogens (primary N) is 1. The van der Waals surface area contributed by atoms with Crippen LogP contribution in [0.4, 0.5) is 19.1 Å². The lowest BCUT2D eigenvalue weighted by atomic mass is 10.1. The lowest BCUT2D eigenvalue weighted by Crippen LogP contribution is -2.35. The number of anilines is 1. The Labute approximate surface area is 198 Å². The van der Waals surface area contributed by atoms with Gasteiger partial charge in [-0.15, -0.1) is 0 Å². The number of rotatable bonds is 6. The van der Waals surface area contributed by atoms with Gasteiger partial charge in [0.25, 0.3) is 0 Å². The lowest BCUT2D eigenvalue weighted by Gasteiger charge is -2.30. The van der Waals surface area contributed by atoms with Gasteiger partial charge in [0.2, 0.25) is 5.95 Å². The van der Waals surface area contributed by atoms with Gasteiger partial charge in [0.05, 0.1) is 10.7 Å². The predicted molar refractivity (Wildman–Crippen MR) is 124 cm³/mol. The van der Waals surface area contributed by atoms with Crippen LogP contribution in [0.3, 0.4) is 0 Å². The van der Waals surface area contributed by atoms with E-state index in [9.17, 15) is 13.2 Å². The number of hydrogen-bond acceptors (Lipinski definition) is 7. The van der Waals surface area contributed by atoms with Crippen LogP contribution in [0.15, 0.2) is 36.9 Å². The molecule has 7 nitrogen and oxygen atoms in total. The second-order valence-corrected chi connectivity index (χ2v) is 8.93. The third kappa shape index (κ3) is 5.43. The SMILES string of the molecule is CSN1CCC(Nc2ncc(C(F)(F)F)c(-c3cn(-c4ccc(CN)cc4Cl)cn3)n2)CC1. The first-order chi connectivity index (χ1) is 15.8. The van der Waals surface area contributed by atoms with Crippen molar-refractivity contribution in [1.82, 2.24) is 23.8 Å². The van der Waals surface area contributed by atoms with Gasteiger partial charge in [-0.2, -0.15) is 13.2 Å². The van der Waals surface area contributed by atoms with E-state index in [1.165, 1.54) is 12.5 Å². The number of benzene rings is 1. The Morgan fingerprint density at radius 2 is 2.00 bits per heavy atom. The Bertz CT molecular complexity index is 1110. The molecular weight excluding hydrogens is 475 g/mol. The van der Waals surface area contributed by atoms with Crippen molar-refractivity contribution < 1.29 is 13.2 Å². The molecule has 0 atom stereocenters. The summed E-state index contributed by atoms with van der Waals surface area (Å²) in [6.07, 6.45) is 2.80. The fourth-order valence-electron chi connectivity index (χ4n) is 3.68. The van der Waals surface area contributed by atoms with E-state index >= 15 is 0 Å². The van der Waals surface area contributed by atoms with Crippen LogP contribution in [0.2, 0.25) is 5.02 Å². The van der Waals surface area contributed by atoms with E-state index in [0.29, 0.717) is 17.3 Å². The summed E-state index contributed by atoms with van der Waals surface area (Å²) in [7, 11) is 0. The zero-order chi connectivity index (χ0) is 23.6. The van der Waals surface area contributed by atoms with Crippen LogP contribution in [0.25, 0.3) is 17.1 Å². The van der Waals surface area contributed by atoms with Gasteiger partial charge in [0.15, 0.2) is 0 Å². The van der Waals surface area contributed by atoms with E-state index in [0.717, 1.165) is 37.7 Å². The molecule has 3 aromatic rings. The second kappa shape index (κ2) is 9.88. The molecule has 1 aromatic carbocycles. The number of piperidine rings is 1. The highest BCUT2D eigenvalue weighted by atomic mass is 35.5. The molecule has 0 amide bonds. The zero-order valence-corrected chi connectivity index (χ0v) is 19.4. The minimum Gasteiger partial charge on any atom is -0.351 e. The topological polar surface area (TPSA) is 84.9 Å². The molecule has 3 N–H and O–H groups in total. The summed E-state index contributed by atoms with van der Waals surface area (Å²) in [5, 5.41) is 3.60. The highest BCUT2D eigenvalue weighted by molar-refractivity contribution is 7.96.